The van der Waals surface area contributed by atoms with Gasteiger partial charge in [0.1, 0.15) is 6.10 Å². The van der Waals surface area contributed by atoms with Crippen molar-refractivity contribution in [2.75, 3.05) is 6.61 Å². The van der Waals surface area contributed by atoms with Crippen molar-refractivity contribution in [2.45, 2.75) is 44.2 Å². The zero-order chi connectivity index (χ0) is 17.3. The molecule has 0 aromatic heterocycles. The molecule has 2 aliphatic rings. The number of carbonyl (C=O) groups is 2. The summed E-state index contributed by atoms with van der Waals surface area (Å²) >= 11 is 0. The molecule has 1 aromatic carbocycles. The smallest absolute Gasteiger partial charge is 0.310 e. The van der Waals surface area contributed by atoms with Gasteiger partial charge in [-0.05, 0) is 37.0 Å². The van der Waals surface area contributed by atoms with Crippen molar-refractivity contribution in [2.24, 2.45) is 5.41 Å². The number of benzene rings is 1. The molecule has 1 saturated heterocycles. The first-order chi connectivity index (χ1) is 11.4. The first-order valence-electron chi connectivity index (χ1n) is 8.01. The third-order valence-electron chi connectivity index (χ3n) is 4.97. The Labute approximate surface area is 138 Å². The molecule has 1 heterocycles. The molecule has 2 atom stereocenters. The molecule has 0 bridgehead atoms. The SMILES string of the molecule is O=C(CC1(C(=O)O)CCC1)NC1CCOC1c1ccc(F)c(F)c1. The summed E-state index contributed by atoms with van der Waals surface area (Å²) in [5, 5.41) is 12.1. The van der Waals surface area contributed by atoms with Crippen molar-refractivity contribution >= 4 is 11.9 Å². The van der Waals surface area contributed by atoms with Crippen molar-refractivity contribution in [1.29, 1.82) is 0 Å². The van der Waals surface area contributed by atoms with E-state index in [9.17, 15) is 23.5 Å². The number of aliphatic carboxylic acids is 1. The van der Waals surface area contributed by atoms with Crippen LogP contribution in [0, 0.1) is 17.0 Å². The van der Waals surface area contributed by atoms with Crippen LogP contribution in [0.4, 0.5) is 8.78 Å². The van der Waals surface area contributed by atoms with Crippen LogP contribution in [-0.2, 0) is 14.3 Å². The molecule has 1 aliphatic carbocycles. The van der Waals surface area contributed by atoms with Crippen LogP contribution < -0.4 is 5.32 Å². The maximum atomic E-state index is 13.4. The monoisotopic (exact) mass is 339 g/mol. The number of rotatable bonds is 5. The Morgan fingerprint density at radius 3 is 2.62 bits per heavy atom. The van der Waals surface area contributed by atoms with E-state index in [-0.39, 0.29) is 18.4 Å². The van der Waals surface area contributed by atoms with Gasteiger partial charge in [-0.15, -0.1) is 0 Å². The Balaban J connectivity index is 1.66. The van der Waals surface area contributed by atoms with Gasteiger partial charge >= 0.3 is 5.97 Å². The zero-order valence-electron chi connectivity index (χ0n) is 13.1. The van der Waals surface area contributed by atoms with E-state index in [0.29, 0.717) is 31.4 Å². The van der Waals surface area contributed by atoms with Crippen LogP contribution in [0.2, 0.25) is 0 Å². The summed E-state index contributed by atoms with van der Waals surface area (Å²) in [7, 11) is 0. The number of ether oxygens (including phenoxy) is 1. The number of amides is 1. The molecule has 5 nitrogen and oxygen atoms in total. The standard InChI is InChI=1S/C17H19F2NO4/c18-11-3-2-10(8-12(11)19)15-13(4-7-24-15)20-14(21)9-17(16(22)23)5-1-6-17/h2-3,8,13,15H,1,4-7,9H2,(H,20,21)(H,22,23). The third-order valence-corrected chi connectivity index (χ3v) is 4.97. The lowest BCUT2D eigenvalue weighted by Crippen LogP contribution is -2.45. The highest BCUT2D eigenvalue weighted by Gasteiger charge is 2.46. The number of hydrogen-bond donors (Lipinski definition) is 2. The summed E-state index contributed by atoms with van der Waals surface area (Å²) in [5.74, 6) is -3.19. The number of nitrogens with one attached hydrogen (secondary N) is 1. The molecule has 24 heavy (non-hydrogen) atoms. The number of halogens is 2. The first kappa shape index (κ1) is 16.8. The second kappa shape index (κ2) is 6.47. The van der Waals surface area contributed by atoms with E-state index in [1.807, 2.05) is 0 Å². The molecule has 0 spiro atoms. The predicted octanol–water partition coefficient (Wildman–Crippen LogP) is 2.56. The fraction of sp³-hybridized carbons (Fsp3) is 0.529. The largest absolute Gasteiger partial charge is 0.481 e. The van der Waals surface area contributed by atoms with Gasteiger partial charge in [0.2, 0.25) is 5.91 Å². The maximum absolute atomic E-state index is 13.4. The molecule has 1 aromatic rings. The topological polar surface area (TPSA) is 75.6 Å². The molecule has 1 aliphatic heterocycles. The number of carboxylic acids is 1. The van der Waals surface area contributed by atoms with Crippen molar-refractivity contribution in [3.05, 3.63) is 35.4 Å². The van der Waals surface area contributed by atoms with Gasteiger partial charge in [0.25, 0.3) is 0 Å². The maximum Gasteiger partial charge on any atom is 0.310 e. The molecular weight excluding hydrogens is 320 g/mol. The first-order valence-corrected chi connectivity index (χ1v) is 8.01. The number of carboxylic acid groups (broad SMARTS) is 1. The van der Waals surface area contributed by atoms with Crippen molar-refractivity contribution in [3.8, 4) is 0 Å². The average Bonchev–Trinajstić information content (AvgIpc) is 2.93. The van der Waals surface area contributed by atoms with E-state index in [0.717, 1.165) is 18.6 Å². The van der Waals surface area contributed by atoms with Gasteiger partial charge in [0.15, 0.2) is 11.6 Å². The van der Waals surface area contributed by atoms with Crippen LogP contribution in [-0.4, -0.2) is 29.6 Å². The highest BCUT2D eigenvalue weighted by molar-refractivity contribution is 5.85. The fourth-order valence-electron chi connectivity index (χ4n) is 3.39. The van der Waals surface area contributed by atoms with Gasteiger partial charge in [-0.2, -0.15) is 0 Å². The molecule has 1 saturated carbocycles. The summed E-state index contributed by atoms with van der Waals surface area (Å²) in [4.78, 5) is 23.6. The Kier molecular flexibility index (Phi) is 4.54. The molecule has 1 amide bonds. The zero-order valence-corrected chi connectivity index (χ0v) is 13.1. The van der Waals surface area contributed by atoms with Crippen LogP contribution in [0.3, 0.4) is 0 Å². The normalized spacial score (nSPS) is 25.1. The lowest BCUT2D eigenvalue weighted by molar-refractivity contribution is -0.157. The van der Waals surface area contributed by atoms with Crippen molar-refractivity contribution in [3.63, 3.8) is 0 Å². The Hall–Kier alpha value is -2.02. The minimum Gasteiger partial charge on any atom is -0.481 e. The molecule has 2 N–H and O–H groups in total. The van der Waals surface area contributed by atoms with Gasteiger partial charge in [0.05, 0.1) is 11.5 Å². The van der Waals surface area contributed by atoms with E-state index in [4.69, 9.17) is 4.74 Å². The Bertz CT molecular complexity index is 660. The number of carbonyl (C=O) groups excluding carboxylic acids is 1. The predicted molar refractivity (Wildman–Crippen MR) is 80.1 cm³/mol. The van der Waals surface area contributed by atoms with Gasteiger partial charge in [-0.25, -0.2) is 8.78 Å². The lowest BCUT2D eigenvalue weighted by Gasteiger charge is -2.37. The second-order valence-electron chi connectivity index (χ2n) is 6.54. The van der Waals surface area contributed by atoms with Gasteiger partial charge < -0.3 is 15.2 Å². The van der Waals surface area contributed by atoms with Crippen molar-refractivity contribution in [1.82, 2.24) is 5.32 Å². The summed E-state index contributed by atoms with van der Waals surface area (Å²) in [5.41, 5.74) is -0.505. The summed E-state index contributed by atoms with van der Waals surface area (Å²) in [6, 6.07) is 3.14. The van der Waals surface area contributed by atoms with Gasteiger partial charge in [-0.1, -0.05) is 12.5 Å². The minimum atomic E-state index is -0.965. The molecule has 7 heteroatoms. The van der Waals surface area contributed by atoms with E-state index < -0.39 is 29.1 Å². The Morgan fingerprint density at radius 1 is 1.29 bits per heavy atom. The summed E-state index contributed by atoms with van der Waals surface area (Å²) in [6.07, 6.45) is 1.72. The van der Waals surface area contributed by atoms with E-state index in [2.05, 4.69) is 5.32 Å². The van der Waals surface area contributed by atoms with Gasteiger partial charge in [0, 0.05) is 13.0 Å². The molecule has 130 valence electrons. The van der Waals surface area contributed by atoms with E-state index >= 15 is 0 Å². The fourth-order valence-corrected chi connectivity index (χ4v) is 3.39. The lowest BCUT2D eigenvalue weighted by atomic mass is 9.66. The van der Waals surface area contributed by atoms with Crippen LogP contribution in [0.1, 0.15) is 43.8 Å². The van der Waals surface area contributed by atoms with Crippen LogP contribution in [0.15, 0.2) is 18.2 Å². The second-order valence-corrected chi connectivity index (χ2v) is 6.54. The van der Waals surface area contributed by atoms with Crippen LogP contribution in [0.25, 0.3) is 0 Å². The molecule has 3 rings (SSSR count). The van der Waals surface area contributed by atoms with Crippen LogP contribution >= 0.6 is 0 Å². The average molecular weight is 339 g/mol. The van der Waals surface area contributed by atoms with Crippen LogP contribution in [0.5, 0.6) is 0 Å². The Morgan fingerprint density at radius 2 is 2.04 bits per heavy atom. The summed E-state index contributed by atoms with van der Waals surface area (Å²) in [6.45, 7) is 0.388. The quantitative estimate of drug-likeness (QED) is 0.864. The number of hydrogen-bond acceptors (Lipinski definition) is 3. The third kappa shape index (κ3) is 3.13. The van der Waals surface area contributed by atoms with Gasteiger partial charge in [-0.3, -0.25) is 9.59 Å². The summed E-state index contributed by atoms with van der Waals surface area (Å²) < 4.78 is 32.0. The van der Waals surface area contributed by atoms with Crippen molar-refractivity contribution < 1.29 is 28.2 Å². The minimum absolute atomic E-state index is 0.0661. The van der Waals surface area contributed by atoms with E-state index in [1.165, 1.54) is 6.07 Å². The van der Waals surface area contributed by atoms with E-state index in [1.54, 1.807) is 0 Å². The molecule has 0 radical (unpaired) electrons. The highest BCUT2D eigenvalue weighted by atomic mass is 19.2. The molecular formula is C17H19F2NO4. The molecule has 2 fully saturated rings. The highest BCUT2D eigenvalue weighted by Crippen LogP contribution is 2.44. The molecule has 2 unspecified atom stereocenters.